The highest BCUT2D eigenvalue weighted by Crippen LogP contribution is 2.23. The summed E-state index contributed by atoms with van der Waals surface area (Å²) in [5.74, 6) is 0. The third-order valence-electron chi connectivity index (χ3n) is 3.28. The van der Waals surface area contributed by atoms with Gasteiger partial charge in [-0.1, -0.05) is 25.1 Å². The van der Waals surface area contributed by atoms with E-state index in [2.05, 4.69) is 54.0 Å². The lowest BCUT2D eigenvalue weighted by atomic mass is 10.1. The largest absolute Gasteiger partial charge is 0.313 e. The van der Waals surface area contributed by atoms with Gasteiger partial charge in [0.05, 0.1) is 15.2 Å². The lowest BCUT2D eigenvalue weighted by Crippen LogP contribution is -2.32. The Hall–Kier alpha value is -1.23. The number of aromatic nitrogens is 1. The van der Waals surface area contributed by atoms with Crippen molar-refractivity contribution in [1.29, 1.82) is 0 Å². The quantitative estimate of drug-likeness (QED) is 0.741. The fraction of sp³-hybridized carbons (Fsp3) is 0.312. The molecule has 3 aromatic rings. The van der Waals surface area contributed by atoms with Gasteiger partial charge in [-0.25, -0.2) is 4.98 Å². The van der Waals surface area contributed by atoms with E-state index in [1.165, 1.54) is 14.6 Å². The van der Waals surface area contributed by atoms with Crippen molar-refractivity contribution in [2.75, 3.05) is 6.54 Å². The number of hydrogen-bond acceptors (Lipinski definition) is 4. The molecular weight excluding hydrogens is 284 g/mol. The summed E-state index contributed by atoms with van der Waals surface area (Å²) in [6.45, 7) is 3.17. The van der Waals surface area contributed by atoms with Crippen LogP contribution in [-0.2, 0) is 12.8 Å². The van der Waals surface area contributed by atoms with E-state index in [0.717, 1.165) is 24.9 Å². The Morgan fingerprint density at radius 2 is 2.05 bits per heavy atom. The Morgan fingerprint density at radius 3 is 2.80 bits per heavy atom. The van der Waals surface area contributed by atoms with Crippen LogP contribution in [0.2, 0.25) is 0 Å². The van der Waals surface area contributed by atoms with Crippen LogP contribution in [0.5, 0.6) is 0 Å². The Morgan fingerprint density at radius 1 is 1.15 bits per heavy atom. The fourth-order valence-electron chi connectivity index (χ4n) is 2.39. The van der Waals surface area contributed by atoms with Gasteiger partial charge in [-0.15, -0.1) is 22.7 Å². The highest BCUT2D eigenvalue weighted by atomic mass is 32.1. The number of benzene rings is 1. The Balaban J connectivity index is 1.74. The van der Waals surface area contributed by atoms with E-state index < -0.39 is 0 Å². The van der Waals surface area contributed by atoms with Gasteiger partial charge in [0, 0.05) is 17.3 Å². The normalized spacial score (nSPS) is 12.8. The molecule has 2 nitrogen and oxygen atoms in total. The predicted molar refractivity (Wildman–Crippen MR) is 88.8 cm³/mol. The summed E-state index contributed by atoms with van der Waals surface area (Å²) in [4.78, 5) is 6.19. The van der Waals surface area contributed by atoms with Crippen LogP contribution in [0.4, 0.5) is 0 Å². The molecule has 2 aromatic heterocycles. The van der Waals surface area contributed by atoms with Gasteiger partial charge in [0.25, 0.3) is 0 Å². The predicted octanol–water partition coefficient (Wildman–Crippen LogP) is 4.12. The van der Waals surface area contributed by atoms with Crippen LogP contribution < -0.4 is 5.32 Å². The van der Waals surface area contributed by atoms with E-state index in [9.17, 15) is 0 Å². The second kappa shape index (κ2) is 6.48. The molecule has 1 N–H and O–H groups in total. The van der Waals surface area contributed by atoms with Crippen molar-refractivity contribution < 1.29 is 0 Å². The molecule has 0 amide bonds. The van der Waals surface area contributed by atoms with Gasteiger partial charge in [0.2, 0.25) is 0 Å². The van der Waals surface area contributed by atoms with Gasteiger partial charge in [-0.2, -0.15) is 0 Å². The molecule has 0 radical (unpaired) electrons. The summed E-state index contributed by atoms with van der Waals surface area (Å²) in [6.07, 6.45) is 2.09. The van der Waals surface area contributed by atoms with Crippen molar-refractivity contribution in [3.05, 3.63) is 51.7 Å². The van der Waals surface area contributed by atoms with Gasteiger partial charge in [-0.3, -0.25) is 0 Å². The minimum absolute atomic E-state index is 0.471. The maximum Gasteiger partial charge on any atom is 0.0954 e. The fourth-order valence-corrected chi connectivity index (χ4v) is 4.23. The van der Waals surface area contributed by atoms with Crippen molar-refractivity contribution in [1.82, 2.24) is 10.3 Å². The molecule has 1 unspecified atom stereocenters. The summed E-state index contributed by atoms with van der Waals surface area (Å²) < 4.78 is 1.29. The first-order chi connectivity index (χ1) is 9.85. The highest BCUT2D eigenvalue weighted by molar-refractivity contribution is 7.18. The van der Waals surface area contributed by atoms with Crippen LogP contribution in [0.15, 0.2) is 41.8 Å². The number of thiazole rings is 1. The number of nitrogens with zero attached hydrogens (tertiary/aromatic N) is 1. The topological polar surface area (TPSA) is 24.9 Å². The van der Waals surface area contributed by atoms with Gasteiger partial charge < -0.3 is 5.32 Å². The molecule has 0 aliphatic rings. The first-order valence-electron chi connectivity index (χ1n) is 6.95. The Kier molecular flexibility index (Phi) is 4.45. The van der Waals surface area contributed by atoms with E-state index >= 15 is 0 Å². The zero-order chi connectivity index (χ0) is 13.8. The zero-order valence-corrected chi connectivity index (χ0v) is 13.1. The second-order valence-corrected chi connectivity index (χ2v) is 6.96. The lowest BCUT2D eigenvalue weighted by Gasteiger charge is -2.15. The van der Waals surface area contributed by atoms with Gasteiger partial charge in [0.15, 0.2) is 0 Å². The molecule has 0 saturated carbocycles. The molecule has 4 heteroatoms. The Labute approximate surface area is 127 Å². The van der Waals surface area contributed by atoms with E-state index in [1.807, 2.05) is 22.7 Å². The van der Waals surface area contributed by atoms with Crippen LogP contribution in [0.1, 0.15) is 16.8 Å². The van der Waals surface area contributed by atoms with Crippen molar-refractivity contribution in [3.8, 4) is 0 Å². The molecule has 0 fully saturated rings. The lowest BCUT2D eigenvalue weighted by molar-refractivity contribution is 0.524. The number of para-hydroxylation sites is 1. The van der Waals surface area contributed by atoms with Crippen molar-refractivity contribution in [3.63, 3.8) is 0 Å². The monoisotopic (exact) mass is 302 g/mol. The molecule has 0 bridgehead atoms. The van der Waals surface area contributed by atoms with Gasteiger partial charge in [0.1, 0.15) is 0 Å². The third-order valence-corrected chi connectivity index (χ3v) is 5.24. The van der Waals surface area contributed by atoms with Crippen LogP contribution in [-0.4, -0.2) is 17.6 Å². The van der Waals surface area contributed by atoms with Gasteiger partial charge in [-0.05, 0) is 36.5 Å². The van der Waals surface area contributed by atoms with Gasteiger partial charge >= 0.3 is 0 Å². The number of thiophene rings is 1. The summed E-state index contributed by atoms with van der Waals surface area (Å²) in [7, 11) is 0. The number of likely N-dealkylation sites (N-methyl/N-ethyl adjacent to an activating group) is 1. The first-order valence-corrected chi connectivity index (χ1v) is 8.65. The summed E-state index contributed by atoms with van der Waals surface area (Å²) >= 11 is 3.65. The molecule has 0 aliphatic heterocycles. The smallest absolute Gasteiger partial charge is 0.0954 e. The molecule has 0 saturated heterocycles. The standard InChI is InChI=1S/C16H18N2S2/c1-2-17-12(10-13-6-5-9-19-13)11-16-18-14-7-3-4-8-15(14)20-16/h3-9,12,17H,2,10-11H2,1H3. The highest BCUT2D eigenvalue weighted by Gasteiger charge is 2.13. The molecule has 104 valence electrons. The van der Waals surface area contributed by atoms with E-state index in [0.29, 0.717) is 6.04 Å². The van der Waals surface area contributed by atoms with Crippen molar-refractivity contribution in [2.24, 2.45) is 0 Å². The summed E-state index contributed by atoms with van der Waals surface area (Å²) in [6, 6.07) is 13.2. The first kappa shape index (κ1) is 13.7. The maximum absolute atomic E-state index is 4.75. The van der Waals surface area contributed by atoms with E-state index in [-0.39, 0.29) is 0 Å². The number of rotatable bonds is 6. The van der Waals surface area contributed by atoms with Crippen molar-refractivity contribution in [2.45, 2.75) is 25.8 Å². The minimum Gasteiger partial charge on any atom is -0.313 e. The number of hydrogen-bond donors (Lipinski definition) is 1. The average Bonchev–Trinajstić information content (AvgIpc) is 3.07. The minimum atomic E-state index is 0.471. The Bertz CT molecular complexity index is 625. The molecule has 2 heterocycles. The molecule has 20 heavy (non-hydrogen) atoms. The zero-order valence-electron chi connectivity index (χ0n) is 11.5. The molecule has 1 aromatic carbocycles. The second-order valence-electron chi connectivity index (χ2n) is 4.82. The summed E-state index contributed by atoms with van der Waals surface area (Å²) in [5, 5.41) is 6.97. The SMILES string of the molecule is CCNC(Cc1cccs1)Cc1nc2ccccc2s1. The third kappa shape index (κ3) is 3.26. The molecule has 3 rings (SSSR count). The summed E-state index contributed by atoms with van der Waals surface area (Å²) in [5.41, 5.74) is 1.12. The van der Waals surface area contributed by atoms with Crippen LogP contribution in [0, 0.1) is 0 Å². The van der Waals surface area contributed by atoms with Crippen LogP contribution >= 0.6 is 22.7 Å². The van der Waals surface area contributed by atoms with Crippen molar-refractivity contribution >= 4 is 32.9 Å². The molecule has 0 spiro atoms. The molecule has 0 aliphatic carbocycles. The van der Waals surface area contributed by atoms with Crippen LogP contribution in [0.3, 0.4) is 0 Å². The maximum atomic E-state index is 4.75. The number of nitrogens with one attached hydrogen (secondary N) is 1. The number of fused-ring (bicyclic) bond motifs is 1. The van der Waals surface area contributed by atoms with E-state index in [4.69, 9.17) is 4.98 Å². The van der Waals surface area contributed by atoms with Crippen LogP contribution in [0.25, 0.3) is 10.2 Å². The molecular formula is C16H18N2S2. The van der Waals surface area contributed by atoms with E-state index in [1.54, 1.807) is 0 Å². The average molecular weight is 302 g/mol. The molecule has 1 atom stereocenters.